The van der Waals surface area contributed by atoms with Crippen LogP contribution in [0.25, 0.3) is 20.8 Å². The first kappa shape index (κ1) is 26.5. The molecule has 2 amide bonds. The number of anilines is 2. The Kier molecular flexibility index (Phi) is 6.91. The quantitative estimate of drug-likeness (QED) is 0.318. The molecule has 0 bridgehead atoms. The van der Waals surface area contributed by atoms with E-state index in [-0.39, 0.29) is 11.6 Å². The Labute approximate surface area is 226 Å². The summed E-state index contributed by atoms with van der Waals surface area (Å²) in [6, 6.07) is 0.499. The summed E-state index contributed by atoms with van der Waals surface area (Å²) >= 11 is 1.56. The van der Waals surface area contributed by atoms with Crippen molar-refractivity contribution in [2.45, 2.75) is 82.7 Å². The molecule has 2 aliphatic rings. The molecule has 4 atom stereocenters. The number of thiazole rings is 1. The third kappa shape index (κ3) is 5.38. The normalized spacial score (nSPS) is 23.5. The lowest BCUT2D eigenvalue weighted by Crippen LogP contribution is -2.46. The number of aliphatic hydroxyl groups is 2. The molecule has 0 unspecified atom stereocenters. The molecule has 0 aromatic carbocycles. The highest BCUT2D eigenvalue weighted by molar-refractivity contribution is 7.21. The number of hydrogen-bond donors (Lipinski definition) is 5. The smallest absolute Gasteiger partial charge is 0.317 e. The summed E-state index contributed by atoms with van der Waals surface area (Å²) in [6.45, 7) is 8.01. The Bertz CT molecular complexity index is 1350. The van der Waals surface area contributed by atoms with Crippen LogP contribution in [0.4, 0.5) is 16.6 Å². The van der Waals surface area contributed by atoms with Gasteiger partial charge in [-0.25, -0.2) is 14.8 Å². The van der Waals surface area contributed by atoms with E-state index in [4.69, 9.17) is 15.0 Å². The minimum absolute atomic E-state index is 0.267. The van der Waals surface area contributed by atoms with Crippen LogP contribution < -0.4 is 16.0 Å². The highest BCUT2D eigenvalue weighted by atomic mass is 32.1. The van der Waals surface area contributed by atoms with Crippen LogP contribution in [-0.2, 0) is 0 Å². The van der Waals surface area contributed by atoms with E-state index in [1.54, 1.807) is 25.4 Å². The number of aromatic nitrogens is 4. The highest BCUT2D eigenvalue weighted by Gasteiger charge is 2.43. The van der Waals surface area contributed by atoms with Crippen molar-refractivity contribution in [2.75, 3.05) is 24.7 Å². The molecule has 0 radical (unpaired) electrons. The molecular formula is C26H36N8O3S. The van der Waals surface area contributed by atoms with Crippen LogP contribution in [0.2, 0.25) is 0 Å². The summed E-state index contributed by atoms with van der Waals surface area (Å²) in [7, 11) is 3.26. The Morgan fingerprint density at radius 3 is 2.47 bits per heavy atom. The van der Waals surface area contributed by atoms with Gasteiger partial charge >= 0.3 is 6.03 Å². The van der Waals surface area contributed by atoms with Crippen LogP contribution in [0, 0.1) is 6.92 Å². The number of amides is 2. The van der Waals surface area contributed by atoms with Crippen molar-refractivity contribution in [1.82, 2.24) is 30.2 Å². The van der Waals surface area contributed by atoms with Crippen molar-refractivity contribution in [3.05, 3.63) is 23.7 Å². The predicted octanol–water partition coefficient (Wildman–Crippen LogP) is 3.09. The van der Waals surface area contributed by atoms with E-state index in [0.717, 1.165) is 45.0 Å². The van der Waals surface area contributed by atoms with Crippen molar-refractivity contribution >= 4 is 39.4 Å². The van der Waals surface area contributed by atoms with Gasteiger partial charge in [0.15, 0.2) is 0 Å². The molecule has 3 aromatic heterocycles. The summed E-state index contributed by atoms with van der Waals surface area (Å²) in [4.78, 5) is 32.7. The maximum absolute atomic E-state index is 12.2. The molecule has 12 heteroatoms. The summed E-state index contributed by atoms with van der Waals surface area (Å²) in [5, 5.41) is 31.8. The fraction of sp³-hybridized carbons (Fsp3) is 0.577. The molecule has 3 aromatic rings. The molecular weight excluding hydrogens is 504 g/mol. The summed E-state index contributed by atoms with van der Waals surface area (Å²) in [5.41, 5.74) is 3.17. The fourth-order valence-electron chi connectivity index (χ4n) is 4.74. The van der Waals surface area contributed by atoms with E-state index in [9.17, 15) is 15.0 Å². The molecule has 0 saturated heterocycles. The zero-order chi connectivity index (χ0) is 27.4. The van der Waals surface area contributed by atoms with Crippen molar-refractivity contribution in [1.29, 1.82) is 0 Å². The number of aliphatic hydroxyl groups excluding tert-OH is 2. The van der Waals surface area contributed by atoms with E-state index in [1.165, 1.54) is 4.90 Å². The first-order chi connectivity index (χ1) is 17.9. The van der Waals surface area contributed by atoms with Gasteiger partial charge in [-0.3, -0.25) is 4.98 Å². The van der Waals surface area contributed by atoms with Crippen LogP contribution in [0.5, 0.6) is 0 Å². The Hall–Kier alpha value is -3.09. The zero-order valence-electron chi connectivity index (χ0n) is 22.6. The van der Waals surface area contributed by atoms with Crippen molar-refractivity contribution < 1.29 is 15.0 Å². The Morgan fingerprint density at radius 2 is 1.82 bits per heavy atom. The van der Waals surface area contributed by atoms with Gasteiger partial charge < -0.3 is 31.1 Å². The SMILES string of the molecule is Cc1nc(NC(C)(C)C)nc(N[C@@H]2C[C@H](NC(=O)N(C)C)[C@@H](O)[C@H]2O)c1-c1nc2c(C3CC3)nccc2s1. The van der Waals surface area contributed by atoms with Crippen molar-refractivity contribution in [3.63, 3.8) is 0 Å². The van der Waals surface area contributed by atoms with E-state index in [0.29, 0.717) is 24.1 Å². The van der Waals surface area contributed by atoms with Crippen LogP contribution in [0.15, 0.2) is 12.3 Å². The summed E-state index contributed by atoms with van der Waals surface area (Å²) < 4.78 is 1.06. The number of aryl methyl sites for hydroxylation is 1. The van der Waals surface area contributed by atoms with Gasteiger partial charge in [-0.05, 0) is 53.0 Å². The van der Waals surface area contributed by atoms with Crippen molar-refractivity contribution in [2.24, 2.45) is 0 Å². The topological polar surface area (TPSA) is 148 Å². The third-order valence-corrected chi connectivity index (χ3v) is 7.85. The van der Waals surface area contributed by atoms with E-state index in [1.807, 2.05) is 40.0 Å². The maximum atomic E-state index is 12.2. The largest absolute Gasteiger partial charge is 0.388 e. The van der Waals surface area contributed by atoms with Gasteiger partial charge in [0, 0.05) is 31.7 Å². The summed E-state index contributed by atoms with van der Waals surface area (Å²) in [6.07, 6.45) is 2.20. The second-order valence-corrected chi connectivity index (χ2v) is 12.5. The molecule has 204 valence electrons. The van der Waals surface area contributed by atoms with Gasteiger partial charge in [0.05, 0.1) is 33.7 Å². The van der Waals surface area contributed by atoms with Crippen molar-refractivity contribution in [3.8, 4) is 10.6 Å². The van der Waals surface area contributed by atoms with Gasteiger partial charge in [0.2, 0.25) is 5.95 Å². The number of rotatable bonds is 6. The molecule has 0 aliphatic heterocycles. The molecule has 5 rings (SSSR count). The first-order valence-corrected chi connectivity index (χ1v) is 13.8. The number of urea groups is 1. The lowest BCUT2D eigenvalue weighted by molar-refractivity contribution is 0.0276. The van der Waals surface area contributed by atoms with E-state index >= 15 is 0 Å². The van der Waals surface area contributed by atoms with Crippen LogP contribution in [0.1, 0.15) is 57.3 Å². The van der Waals surface area contributed by atoms with Gasteiger partial charge in [-0.2, -0.15) is 4.98 Å². The molecule has 5 N–H and O–H groups in total. The molecule has 2 aliphatic carbocycles. The van der Waals surface area contributed by atoms with Gasteiger partial charge in [0.1, 0.15) is 28.6 Å². The number of pyridine rings is 1. The number of carbonyl (C=O) groups excluding carboxylic acids is 1. The van der Waals surface area contributed by atoms with Gasteiger partial charge in [-0.1, -0.05) is 0 Å². The molecule has 11 nitrogen and oxygen atoms in total. The van der Waals surface area contributed by atoms with E-state index in [2.05, 4.69) is 20.9 Å². The second-order valence-electron chi connectivity index (χ2n) is 11.5. The monoisotopic (exact) mass is 540 g/mol. The lowest BCUT2D eigenvalue weighted by Gasteiger charge is -2.24. The predicted molar refractivity (Wildman–Crippen MR) is 149 cm³/mol. The fourth-order valence-corrected chi connectivity index (χ4v) is 5.81. The highest BCUT2D eigenvalue weighted by Crippen LogP contribution is 2.44. The number of carbonyl (C=O) groups is 1. The van der Waals surface area contributed by atoms with Gasteiger partial charge in [-0.15, -0.1) is 11.3 Å². The third-order valence-electron chi connectivity index (χ3n) is 6.81. The van der Waals surface area contributed by atoms with Crippen LogP contribution >= 0.6 is 11.3 Å². The first-order valence-electron chi connectivity index (χ1n) is 12.9. The standard InChI is InChI=1S/C26H36N8O3S/c1-12-17(23-31-19-16(38-23)9-10-27-18(19)13-7-8-13)22(32-24(28-12)33-26(2,3)4)29-14-11-15(21(36)20(14)35)30-25(37)34(5)6/h9-10,13-15,20-21,35-36H,7-8,11H2,1-6H3,(H,30,37)(H2,28,29,32,33)/t14-,15+,20+,21-/m1/s1. The van der Waals surface area contributed by atoms with E-state index < -0.39 is 24.3 Å². The van der Waals surface area contributed by atoms with Gasteiger partial charge in [0.25, 0.3) is 0 Å². The maximum Gasteiger partial charge on any atom is 0.317 e. The zero-order valence-corrected chi connectivity index (χ0v) is 23.4. The molecule has 38 heavy (non-hydrogen) atoms. The molecule has 2 fully saturated rings. The number of nitrogens with zero attached hydrogens (tertiary/aromatic N) is 5. The second kappa shape index (κ2) is 9.90. The minimum Gasteiger partial charge on any atom is -0.388 e. The van der Waals surface area contributed by atoms with Crippen LogP contribution in [0.3, 0.4) is 0 Å². The number of nitrogens with one attached hydrogen (secondary N) is 3. The Morgan fingerprint density at radius 1 is 1.11 bits per heavy atom. The molecule has 0 spiro atoms. The number of hydrogen-bond acceptors (Lipinski definition) is 10. The average molecular weight is 541 g/mol. The Balaban J connectivity index is 1.52. The molecule has 2 saturated carbocycles. The average Bonchev–Trinajstić information content (AvgIpc) is 3.52. The van der Waals surface area contributed by atoms with Crippen LogP contribution in [-0.4, -0.2) is 85.0 Å². The lowest BCUT2D eigenvalue weighted by atomic mass is 10.1. The summed E-state index contributed by atoms with van der Waals surface area (Å²) in [5.74, 6) is 1.43. The minimum atomic E-state index is -1.12. The molecule has 3 heterocycles. The number of fused-ring (bicyclic) bond motifs is 1.